The first-order chi connectivity index (χ1) is 50.7. The van der Waals surface area contributed by atoms with E-state index in [-0.39, 0.29) is 87.8 Å². The Labute approximate surface area is 653 Å². The van der Waals surface area contributed by atoms with Gasteiger partial charge in [-0.05, 0) is 98.7 Å². The Bertz CT molecular complexity index is 4110. The molecule has 0 amide bonds. The summed E-state index contributed by atoms with van der Waals surface area (Å²) in [6, 6.07) is 25.1. The van der Waals surface area contributed by atoms with E-state index in [0.717, 1.165) is 0 Å². The Hall–Kier alpha value is -6.03. The van der Waals surface area contributed by atoms with Crippen molar-refractivity contribution in [2.75, 3.05) is 38.3 Å². The molecular weight excluding hydrogens is 1590 g/mol. The number of aliphatic hydroxyl groups excluding tert-OH is 3. The van der Waals surface area contributed by atoms with Crippen LogP contribution < -0.4 is 30.6 Å². The summed E-state index contributed by atoms with van der Waals surface area (Å²) in [7, 11) is -11.8. The number of aryl methyl sites for hydroxylation is 3. The number of hydrogen-bond donors (Lipinski definition) is 6. The van der Waals surface area contributed by atoms with Crippen LogP contribution >= 0.6 is 94.2 Å². The maximum atomic E-state index is 13.7. The lowest BCUT2D eigenvalue weighted by molar-refractivity contribution is -0.152. The lowest BCUT2D eigenvalue weighted by Gasteiger charge is -2.24. The fourth-order valence-electron chi connectivity index (χ4n) is 10.6. The van der Waals surface area contributed by atoms with Crippen molar-refractivity contribution in [1.29, 1.82) is 0 Å². The number of alkyl halides is 3. The largest absolute Gasteiger partial charge is 0.463 e. The van der Waals surface area contributed by atoms with E-state index in [2.05, 4.69) is 15.0 Å². The maximum absolute atomic E-state index is 13.7. The van der Waals surface area contributed by atoms with E-state index in [1.54, 1.807) is 174 Å². The van der Waals surface area contributed by atoms with E-state index in [0.29, 0.717) is 16.7 Å². The first-order valence-electron chi connectivity index (χ1n) is 34.2. The number of aliphatic hydroxyl groups is 3. The molecule has 30 nitrogen and oxygen atoms in total. The average Bonchev–Trinajstić information content (AvgIpc) is 1.65. The van der Waals surface area contributed by atoms with Crippen molar-refractivity contribution in [3.8, 4) is 17.2 Å². The molecule has 3 aliphatic rings. The normalized spacial score (nSPS) is 24.3. The van der Waals surface area contributed by atoms with Crippen molar-refractivity contribution in [2.24, 2.45) is 17.8 Å². The van der Waals surface area contributed by atoms with Gasteiger partial charge >= 0.3 is 57.8 Å². The Kier molecular flexibility index (Phi) is 33.0. The molecule has 3 aromatic heterocycles. The van der Waals surface area contributed by atoms with Gasteiger partial charge in [0.05, 0.1) is 74.4 Å². The van der Waals surface area contributed by atoms with Crippen LogP contribution in [-0.2, 0) is 70.1 Å². The third-order valence-electron chi connectivity index (χ3n) is 16.2. The smallest absolute Gasteiger partial charge is 0.380 e. The zero-order valence-electron chi connectivity index (χ0n) is 61.0. The van der Waals surface area contributed by atoms with Gasteiger partial charge in [-0.15, -0.1) is 34.8 Å². The molecule has 3 aliphatic heterocycles. The van der Waals surface area contributed by atoms with Crippen molar-refractivity contribution < 1.29 is 99.0 Å². The third kappa shape index (κ3) is 25.0. The number of hydrogen-bond acceptors (Lipinski definition) is 27. The number of H-pyrrole nitrogens is 3. The highest BCUT2D eigenvalue weighted by Gasteiger charge is 2.49. The molecule has 6 aromatic rings. The molecule has 18 atom stereocenters. The molecule has 108 heavy (non-hydrogen) atoms. The lowest BCUT2D eigenvalue weighted by Crippen LogP contribution is -2.33. The highest BCUT2D eigenvalue weighted by atomic mass is 35.5. The minimum atomic E-state index is -3.93. The number of carbonyl (C=O) groups excluding carboxylic acids is 3. The molecule has 0 saturated carbocycles. The predicted octanol–water partition coefficient (Wildman–Crippen LogP) is 11.9. The second-order valence-electron chi connectivity index (χ2n) is 26.6. The molecule has 4 unspecified atom stereocenters. The van der Waals surface area contributed by atoms with Crippen LogP contribution in [0.25, 0.3) is 0 Å². The summed E-state index contributed by atoms with van der Waals surface area (Å²) in [4.78, 5) is 81.8. The van der Waals surface area contributed by atoms with Crippen LogP contribution in [0.3, 0.4) is 0 Å². The fraction of sp³-hybridized carbons (Fsp3) is 0.522. The van der Waals surface area contributed by atoms with Gasteiger partial charge in [0.1, 0.15) is 83.9 Å². The van der Waals surface area contributed by atoms with Crippen LogP contribution in [0, 0.1) is 52.4 Å². The van der Waals surface area contributed by atoms with Gasteiger partial charge < -0.3 is 57.3 Å². The summed E-state index contributed by atoms with van der Waals surface area (Å²) in [5, 5.41) is 29.0. The first kappa shape index (κ1) is 89.2. The Morgan fingerprint density at radius 3 is 0.870 bits per heavy atom. The summed E-state index contributed by atoms with van der Waals surface area (Å²) < 4.78 is 113. The van der Waals surface area contributed by atoms with Gasteiger partial charge in [0, 0.05) is 35.3 Å². The molecule has 0 bridgehead atoms. The van der Waals surface area contributed by atoms with E-state index in [1.807, 2.05) is 0 Å². The standard InChI is InChI=1S/3C23H30ClN2O8PS/c3*1-13(2)32-22(28)15(4)12-35(30,34-16-8-6-5-7-9-16)31-11-17-19(27)18(24)21(33-17)26-10-14(3)20(36)25-23(26)29/h3*5-10,13,15,17-19,21,27H,11-12H2,1-4H3,(H,25,29,36)/t15-,17+,18-,19?,21+,35?;15-,17+,18-,19?,21+,35+;15-,17+,18-,19?,21+,35-/m111/s1. The minimum absolute atomic E-state index is 0.266. The molecule has 9 rings (SSSR count). The second-order valence-corrected chi connectivity index (χ2v) is 35.4. The highest BCUT2D eigenvalue weighted by Crippen LogP contribution is 2.54. The van der Waals surface area contributed by atoms with Crippen molar-refractivity contribution in [3.63, 3.8) is 0 Å². The zero-order chi connectivity index (χ0) is 79.9. The molecule has 3 aromatic carbocycles. The molecule has 39 heteroatoms. The van der Waals surface area contributed by atoms with Gasteiger partial charge in [-0.2, -0.15) is 0 Å². The number of aromatic amines is 3. The highest BCUT2D eigenvalue weighted by molar-refractivity contribution is 7.71. The number of esters is 3. The lowest BCUT2D eigenvalue weighted by atomic mass is 10.2. The van der Waals surface area contributed by atoms with E-state index in [9.17, 15) is 57.8 Å². The van der Waals surface area contributed by atoms with Crippen LogP contribution in [0.5, 0.6) is 17.2 Å². The fourth-order valence-corrected chi connectivity index (χ4v) is 17.7. The Morgan fingerprint density at radius 2 is 0.657 bits per heavy atom. The van der Waals surface area contributed by atoms with Crippen LogP contribution in [0.2, 0.25) is 0 Å². The number of halogens is 3. The van der Waals surface area contributed by atoms with Gasteiger partial charge in [0.15, 0.2) is 18.7 Å². The van der Waals surface area contributed by atoms with E-state index in [1.165, 1.54) is 32.3 Å². The second kappa shape index (κ2) is 39.9. The van der Waals surface area contributed by atoms with Crippen molar-refractivity contribution >= 4 is 112 Å². The summed E-state index contributed by atoms with van der Waals surface area (Å²) >= 11 is 34.4. The number of para-hydroxylation sites is 3. The molecule has 3 saturated heterocycles. The van der Waals surface area contributed by atoms with Crippen LogP contribution in [0.4, 0.5) is 0 Å². The molecular formula is C69H90Cl3N6O24P3S3. The van der Waals surface area contributed by atoms with E-state index >= 15 is 0 Å². The van der Waals surface area contributed by atoms with E-state index < -0.39 is 147 Å². The average molecular weight is 1680 g/mol. The number of nitrogens with zero attached hydrogens (tertiary/aromatic N) is 3. The van der Waals surface area contributed by atoms with Gasteiger partial charge in [0.25, 0.3) is 0 Å². The summed E-state index contributed by atoms with van der Waals surface area (Å²) in [6.07, 6.45) is -7.26. The van der Waals surface area contributed by atoms with Gasteiger partial charge in [-0.3, -0.25) is 56.6 Å². The Morgan fingerprint density at radius 1 is 0.435 bits per heavy atom. The monoisotopic (exact) mass is 1680 g/mol. The van der Waals surface area contributed by atoms with Crippen molar-refractivity contribution in [1.82, 2.24) is 28.7 Å². The Balaban J connectivity index is 0.000000226. The van der Waals surface area contributed by atoms with Crippen LogP contribution in [0.1, 0.15) is 97.7 Å². The van der Waals surface area contributed by atoms with Crippen LogP contribution in [-0.4, -0.2) is 171 Å². The quantitative estimate of drug-likeness (QED) is 0.00802. The molecule has 0 radical (unpaired) electrons. The molecule has 594 valence electrons. The molecule has 6 N–H and O–H groups in total. The molecule has 0 spiro atoms. The predicted molar refractivity (Wildman–Crippen MR) is 408 cm³/mol. The third-order valence-corrected chi connectivity index (χ3v) is 24.9. The topological polar surface area (TPSA) is 387 Å². The number of nitrogens with one attached hydrogen (secondary N) is 3. The van der Waals surface area contributed by atoms with Gasteiger partial charge in [0.2, 0.25) is 0 Å². The summed E-state index contributed by atoms with van der Waals surface area (Å²) in [6.45, 7) is 19.0. The number of aromatic nitrogens is 6. The number of rotatable bonds is 30. The first-order valence-corrected chi connectivity index (χ1v) is 41.9. The van der Waals surface area contributed by atoms with Gasteiger partial charge in [-0.1, -0.05) is 112 Å². The van der Waals surface area contributed by atoms with Gasteiger partial charge in [-0.25, -0.2) is 28.1 Å². The SMILES string of the molecule is Cc1cn([C@H]2O[C@@H](COP(=O)(C[C@@H](C)C(=O)OC(C)C)Oc3ccccc3)C(O)[C@H]2Cl)c(=O)[nH]c1=S.Cc1cn([C@H]2O[C@@H](CO[P@@](=O)(C[C@@H](C)C(=O)OC(C)C)Oc3ccccc3)C(O)[C@H]2Cl)c(=O)[nH]c1=S.Cc1cn([C@H]2O[C@@H](CO[P@](=O)(C[C@@H](C)C(=O)OC(C)C)Oc3ccccc3)C(O)[C@H]2Cl)c(=O)[nH]c1=S. The zero-order valence-corrected chi connectivity index (χ0v) is 68.4. The summed E-state index contributed by atoms with van der Waals surface area (Å²) in [5.74, 6) is -3.15. The maximum Gasteiger partial charge on any atom is 0.380 e. The number of benzene rings is 3. The number of carbonyl (C=O) groups is 3. The van der Waals surface area contributed by atoms with Crippen molar-refractivity contribution in [2.45, 2.75) is 173 Å². The number of ether oxygens (including phenoxy) is 6. The van der Waals surface area contributed by atoms with Crippen LogP contribution in [0.15, 0.2) is 124 Å². The molecule has 6 heterocycles. The van der Waals surface area contributed by atoms with Crippen molar-refractivity contribution in [3.05, 3.63) is 172 Å². The van der Waals surface area contributed by atoms with E-state index in [4.69, 9.17) is 127 Å². The molecule has 0 aliphatic carbocycles. The molecule has 3 fully saturated rings. The minimum Gasteiger partial charge on any atom is -0.463 e. The summed E-state index contributed by atoms with van der Waals surface area (Å²) in [5.41, 5.74) is 0.208.